The Hall–Kier alpha value is -2.03. The highest BCUT2D eigenvalue weighted by molar-refractivity contribution is 6.01. The maximum Gasteiger partial charge on any atom is 0.269 e. The Kier molecular flexibility index (Phi) is 3.15. The molecule has 1 saturated heterocycles. The number of hydrogen-bond donors (Lipinski definition) is 3. The van der Waals surface area contributed by atoms with Crippen LogP contribution in [-0.4, -0.2) is 63.5 Å². The number of carbonyl (C=O) groups excluding carboxylic acids is 2. The van der Waals surface area contributed by atoms with E-state index in [0.717, 1.165) is 25.9 Å². The number of nitrogens with one attached hydrogen (secondary N) is 3. The number of nitrogens with zero attached hydrogens (tertiary/aromatic N) is 4. The van der Waals surface area contributed by atoms with Crippen molar-refractivity contribution in [3.8, 4) is 0 Å². The van der Waals surface area contributed by atoms with Crippen LogP contribution in [0.25, 0.3) is 0 Å². The highest BCUT2D eigenvalue weighted by Gasteiger charge is 2.75. The number of rotatable bonds is 4. The van der Waals surface area contributed by atoms with Crippen molar-refractivity contribution >= 4 is 17.8 Å². The van der Waals surface area contributed by atoms with Crippen LogP contribution >= 0.6 is 0 Å². The molecule has 23 heavy (non-hydrogen) atoms. The number of carbonyl (C=O) groups is 2. The van der Waals surface area contributed by atoms with Crippen molar-refractivity contribution in [2.24, 2.45) is 10.8 Å². The van der Waals surface area contributed by atoms with E-state index in [4.69, 9.17) is 0 Å². The number of hydrogen-bond acceptors (Lipinski definition) is 6. The van der Waals surface area contributed by atoms with Gasteiger partial charge in [0.2, 0.25) is 11.8 Å². The molecule has 5 rings (SSSR count). The molecule has 1 aliphatic heterocycles. The molecule has 1 aromatic rings. The zero-order valence-corrected chi connectivity index (χ0v) is 13.1. The summed E-state index contributed by atoms with van der Waals surface area (Å²) in [5.74, 6) is 0.295. The van der Waals surface area contributed by atoms with Gasteiger partial charge in [0.1, 0.15) is 0 Å². The van der Waals surface area contributed by atoms with Crippen LogP contribution < -0.4 is 10.6 Å². The minimum absolute atomic E-state index is 0.0990. The zero-order chi connectivity index (χ0) is 16.1. The van der Waals surface area contributed by atoms with E-state index in [1.807, 2.05) is 11.9 Å². The van der Waals surface area contributed by atoms with Gasteiger partial charge in [0, 0.05) is 13.1 Å². The van der Waals surface area contributed by atoms with Gasteiger partial charge in [0.05, 0.1) is 10.8 Å². The van der Waals surface area contributed by atoms with Crippen LogP contribution in [-0.2, 0) is 9.59 Å². The molecule has 4 fully saturated rings. The van der Waals surface area contributed by atoms with Crippen LogP contribution in [0, 0.1) is 10.8 Å². The summed E-state index contributed by atoms with van der Waals surface area (Å²) in [5, 5.41) is 19.1. The molecule has 0 unspecified atom stereocenters. The van der Waals surface area contributed by atoms with E-state index in [9.17, 15) is 9.59 Å². The second-order valence-corrected chi connectivity index (χ2v) is 7.18. The van der Waals surface area contributed by atoms with Crippen molar-refractivity contribution in [3.05, 3.63) is 0 Å². The number of aromatic nitrogens is 4. The number of anilines is 1. The normalized spacial score (nSPS) is 32.6. The lowest BCUT2D eigenvalue weighted by Crippen LogP contribution is -2.72. The molecule has 9 heteroatoms. The first-order valence-corrected chi connectivity index (χ1v) is 8.08. The summed E-state index contributed by atoms with van der Waals surface area (Å²) >= 11 is 0. The van der Waals surface area contributed by atoms with E-state index in [1.54, 1.807) is 0 Å². The van der Waals surface area contributed by atoms with Crippen LogP contribution in [0.5, 0.6) is 0 Å². The van der Waals surface area contributed by atoms with Gasteiger partial charge in [-0.1, -0.05) is 5.10 Å². The third-order valence-corrected chi connectivity index (χ3v) is 5.71. The van der Waals surface area contributed by atoms with Crippen LogP contribution in [0.1, 0.15) is 32.1 Å². The zero-order valence-electron chi connectivity index (χ0n) is 13.1. The minimum atomic E-state index is -0.411. The molecular formula is C14H21N7O2. The summed E-state index contributed by atoms with van der Waals surface area (Å²) in [4.78, 5) is 27.0. The highest BCUT2D eigenvalue weighted by Crippen LogP contribution is 2.74. The van der Waals surface area contributed by atoms with Crippen molar-refractivity contribution in [1.82, 2.24) is 30.8 Å². The maximum absolute atomic E-state index is 12.8. The van der Waals surface area contributed by atoms with Gasteiger partial charge in [-0.3, -0.25) is 14.9 Å². The number of H-pyrrole nitrogens is 1. The third-order valence-electron chi connectivity index (χ3n) is 5.71. The third kappa shape index (κ3) is 2.13. The van der Waals surface area contributed by atoms with E-state index in [2.05, 4.69) is 31.3 Å². The first kappa shape index (κ1) is 14.6. The van der Waals surface area contributed by atoms with Gasteiger partial charge in [0.15, 0.2) is 0 Å². The summed E-state index contributed by atoms with van der Waals surface area (Å²) in [6, 6.07) is 0.321. The molecule has 2 heterocycles. The fraction of sp³-hybridized carbons (Fsp3) is 0.786. The van der Waals surface area contributed by atoms with Crippen molar-refractivity contribution in [2.45, 2.75) is 38.1 Å². The molecule has 9 nitrogen and oxygen atoms in total. The maximum atomic E-state index is 12.8. The predicted octanol–water partition coefficient (Wildman–Crippen LogP) is -0.481. The summed E-state index contributed by atoms with van der Waals surface area (Å²) in [7, 11) is 1.91. The lowest BCUT2D eigenvalue weighted by Gasteiger charge is -2.68. The van der Waals surface area contributed by atoms with Gasteiger partial charge in [-0.2, -0.15) is 5.21 Å². The lowest BCUT2D eigenvalue weighted by atomic mass is 9.34. The average molecular weight is 319 g/mol. The number of tetrazole rings is 1. The fourth-order valence-corrected chi connectivity index (χ4v) is 4.44. The van der Waals surface area contributed by atoms with Gasteiger partial charge in [-0.05, 0) is 50.4 Å². The Balaban J connectivity index is 1.35. The molecule has 3 saturated carbocycles. The Morgan fingerprint density at radius 3 is 2.52 bits per heavy atom. The fourth-order valence-electron chi connectivity index (χ4n) is 4.44. The number of aromatic amines is 1. The van der Waals surface area contributed by atoms with Gasteiger partial charge in [-0.15, -0.1) is 5.10 Å². The molecule has 2 bridgehead atoms. The van der Waals surface area contributed by atoms with E-state index in [0.29, 0.717) is 25.3 Å². The predicted molar refractivity (Wildman–Crippen MR) is 80.2 cm³/mol. The Morgan fingerprint density at radius 1 is 1.22 bits per heavy atom. The van der Waals surface area contributed by atoms with Gasteiger partial charge in [0.25, 0.3) is 5.95 Å². The molecule has 1 aromatic heterocycles. The van der Waals surface area contributed by atoms with Crippen LogP contribution in [0.3, 0.4) is 0 Å². The Bertz CT molecular complexity index is 603. The molecule has 2 amide bonds. The molecule has 3 N–H and O–H groups in total. The van der Waals surface area contributed by atoms with Crippen molar-refractivity contribution in [3.63, 3.8) is 0 Å². The van der Waals surface area contributed by atoms with Crippen molar-refractivity contribution in [2.75, 3.05) is 25.5 Å². The van der Waals surface area contributed by atoms with Gasteiger partial charge >= 0.3 is 0 Å². The smallest absolute Gasteiger partial charge is 0.269 e. The van der Waals surface area contributed by atoms with Gasteiger partial charge in [-0.25, -0.2) is 0 Å². The molecule has 3 aliphatic carbocycles. The van der Waals surface area contributed by atoms with Crippen LogP contribution in [0.15, 0.2) is 0 Å². The highest BCUT2D eigenvalue weighted by atomic mass is 16.2. The summed E-state index contributed by atoms with van der Waals surface area (Å²) in [6.07, 6.45) is 3.91. The largest absolute Gasteiger partial charge is 0.342 e. The SMILES string of the molecule is CN(C(=O)C12CC(C(=O)Nc3nn[nH]n3)(C1)C2)C1CCNCC1. The molecule has 0 aromatic carbocycles. The summed E-state index contributed by atoms with van der Waals surface area (Å²) in [6.45, 7) is 1.93. The molecule has 0 spiro atoms. The number of amides is 2. The average Bonchev–Trinajstić information content (AvgIpc) is 2.97. The van der Waals surface area contributed by atoms with Crippen LogP contribution in [0.2, 0.25) is 0 Å². The van der Waals surface area contributed by atoms with E-state index in [1.165, 1.54) is 0 Å². The standard InChI is InChI=1S/C14H21N7O2/c1-21(9-2-4-15-5-3-9)11(23)14-6-13(7-14,8-14)10(22)16-12-17-19-20-18-12/h9,15H,2-8H2,1H3,(H2,16,17,18,19,20,22). The first-order chi connectivity index (χ1) is 11.0. The summed E-state index contributed by atoms with van der Waals surface area (Å²) in [5.41, 5.74) is -0.723. The molecule has 0 atom stereocenters. The Morgan fingerprint density at radius 2 is 1.91 bits per heavy atom. The van der Waals surface area contributed by atoms with E-state index >= 15 is 0 Å². The van der Waals surface area contributed by atoms with Gasteiger partial charge < -0.3 is 10.2 Å². The monoisotopic (exact) mass is 319 g/mol. The quantitative estimate of drug-likeness (QED) is 0.690. The lowest BCUT2D eigenvalue weighted by molar-refractivity contribution is -0.213. The number of piperidine rings is 1. The first-order valence-electron chi connectivity index (χ1n) is 8.08. The van der Waals surface area contributed by atoms with Crippen molar-refractivity contribution in [1.29, 1.82) is 0 Å². The van der Waals surface area contributed by atoms with E-state index in [-0.39, 0.29) is 23.2 Å². The van der Waals surface area contributed by atoms with Crippen molar-refractivity contribution < 1.29 is 9.59 Å². The minimum Gasteiger partial charge on any atom is -0.342 e. The second kappa shape index (κ2) is 4.98. The summed E-state index contributed by atoms with van der Waals surface area (Å²) < 4.78 is 0. The topological polar surface area (TPSA) is 116 Å². The molecule has 124 valence electrons. The molecule has 4 aliphatic rings. The Labute approximate surface area is 133 Å². The van der Waals surface area contributed by atoms with Crippen LogP contribution in [0.4, 0.5) is 5.95 Å². The van der Waals surface area contributed by atoms with E-state index < -0.39 is 5.41 Å². The molecule has 0 radical (unpaired) electrons. The molecular weight excluding hydrogens is 298 g/mol. The second-order valence-electron chi connectivity index (χ2n) is 7.18.